The van der Waals surface area contributed by atoms with Crippen molar-refractivity contribution in [3.8, 4) is 11.4 Å². The molecule has 1 aliphatic rings. The lowest BCUT2D eigenvalue weighted by Gasteiger charge is -2.32. The largest absolute Gasteiger partial charge is 0.471 e. The van der Waals surface area contributed by atoms with Crippen LogP contribution in [0.2, 0.25) is 0 Å². The van der Waals surface area contributed by atoms with Crippen molar-refractivity contribution in [2.45, 2.75) is 24.9 Å². The molecule has 1 fully saturated rings. The van der Waals surface area contributed by atoms with Gasteiger partial charge in [-0.2, -0.15) is 18.2 Å². The van der Waals surface area contributed by atoms with E-state index in [9.17, 15) is 18.0 Å². The highest BCUT2D eigenvalue weighted by atomic mass is 19.4. The molecule has 0 bridgehead atoms. The molecule has 0 aromatic carbocycles. The number of piperidine rings is 1. The van der Waals surface area contributed by atoms with Crippen LogP contribution in [0.5, 0.6) is 0 Å². The van der Waals surface area contributed by atoms with Gasteiger partial charge in [0, 0.05) is 48.9 Å². The number of hydrogen-bond acceptors (Lipinski definition) is 6. The molecule has 4 heterocycles. The lowest BCUT2D eigenvalue weighted by Crippen LogP contribution is -2.39. The average Bonchev–Trinajstić information content (AvgIpc) is 3.25. The third kappa shape index (κ3) is 4.10. The SMILES string of the molecule is O=C(c1cccnc1)N1CCC[C@H](c2ccc(-c3noc(C(F)(F)F)n3)cn2)C1. The van der Waals surface area contributed by atoms with Crippen molar-refractivity contribution in [3.63, 3.8) is 0 Å². The van der Waals surface area contributed by atoms with E-state index in [1.165, 1.54) is 6.20 Å². The van der Waals surface area contributed by atoms with Crippen molar-refractivity contribution in [1.82, 2.24) is 25.0 Å². The van der Waals surface area contributed by atoms with E-state index in [0.717, 1.165) is 18.5 Å². The molecule has 0 aliphatic carbocycles. The number of alkyl halides is 3. The minimum atomic E-state index is -4.69. The molecule has 1 amide bonds. The summed E-state index contributed by atoms with van der Waals surface area (Å²) in [5.41, 5.74) is 1.62. The molecule has 150 valence electrons. The second-order valence-corrected chi connectivity index (χ2v) is 6.72. The Morgan fingerprint density at radius 2 is 2.07 bits per heavy atom. The minimum absolute atomic E-state index is 0.0365. The molecular weight excluding hydrogens is 387 g/mol. The zero-order valence-electron chi connectivity index (χ0n) is 15.1. The van der Waals surface area contributed by atoms with E-state index in [0.29, 0.717) is 24.2 Å². The molecule has 7 nitrogen and oxygen atoms in total. The Bertz CT molecular complexity index is 989. The highest BCUT2D eigenvalue weighted by Gasteiger charge is 2.38. The Morgan fingerprint density at radius 3 is 2.72 bits per heavy atom. The van der Waals surface area contributed by atoms with E-state index in [-0.39, 0.29) is 17.6 Å². The molecule has 1 aliphatic heterocycles. The lowest BCUT2D eigenvalue weighted by atomic mass is 9.93. The van der Waals surface area contributed by atoms with E-state index in [4.69, 9.17) is 0 Å². The number of rotatable bonds is 3. The smallest absolute Gasteiger partial charge is 0.338 e. The zero-order chi connectivity index (χ0) is 20.4. The number of pyridine rings is 2. The van der Waals surface area contributed by atoms with Crippen LogP contribution in [-0.4, -0.2) is 44.0 Å². The summed E-state index contributed by atoms with van der Waals surface area (Å²) in [7, 11) is 0. The summed E-state index contributed by atoms with van der Waals surface area (Å²) in [6.07, 6.45) is 1.58. The van der Waals surface area contributed by atoms with Crippen molar-refractivity contribution in [2.75, 3.05) is 13.1 Å². The molecule has 1 atom stereocenters. The quantitative estimate of drug-likeness (QED) is 0.665. The first kappa shape index (κ1) is 19.0. The predicted molar refractivity (Wildman–Crippen MR) is 94.6 cm³/mol. The number of halogens is 3. The summed E-state index contributed by atoms with van der Waals surface area (Å²) in [5.74, 6) is -1.61. The van der Waals surface area contributed by atoms with Gasteiger partial charge in [-0.3, -0.25) is 14.8 Å². The molecular formula is C19H16F3N5O2. The summed E-state index contributed by atoms with van der Waals surface area (Å²) >= 11 is 0. The fourth-order valence-electron chi connectivity index (χ4n) is 3.31. The number of aromatic nitrogens is 4. The summed E-state index contributed by atoms with van der Waals surface area (Å²) in [6, 6.07) is 6.78. The molecule has 0 N–H and O–H groups in total. The summed E-state index contributed by atoms with van der Waals surface area (Å²) in [4.78, 5) is 26.1. The highest BCUT2D eigenvalue weighted by molar-refractivity contribution is 5.94. The fourth-order valence-corrected chi connectivity index (χ4v) is 3.31. The fraction of sp³-hybridized carbons (Fsp3) is 0.316. The first-order valence-corrected chi connectivity index (χ1v) is 8.98. The zero-order valence-corrected chi connectivity index (χ0v) is 15.1. The molecule has 1 saturated heterocycles. The van der Waals surface area contributed by atoms with Crippen molar-refractivity contribution in [1.29, 1.82) is 0 Å². The number of carbonyl (C=O) groups excluding carboxylic acids is 1. The maximum atomic E-state index is 12.6. The molecule has 0 spiro atoms. The Hall–Kier alpha value is -3.30. The van der Waals surface area contributed by atoms with Gasteiger partial charge in [0.2, 0.25) is 5.82 Å². The predicted octanol–water partition coefficient (Wildman–Crippen LogP) is 3.57. The van der Waals surface area contributed by atoms with Gasteiger partial charge in [0.05, 0.1) is 5.56 Å². The van der Waals surface area contributed by atoms with E-state index in [1.54, 1.807) is 41.6 Å². The van der Waals surface area contributed by atoms with Gasteiger partial charge in [0.1, 0.15) is 0 Å². The van der Waals surface area contributed by atoms with E-state index in [1.807, 2.05) is 0 Å². The lowest BCUT2D eigenvalue weighted by molar-refractivity contribution is -0.159. The summed E-state index contributed by atoms with van der Waals surface area (Å²) in [5, 5.41) is 3.36. The highest BCUT2D eigenvalue weighted by Crippen LogP contribution is 2.30. The van der Waals surface area contributed by atoms with Gasteiger partial charge in [0.25, 0.3) is 5.91 Å². The Kier molecular flexibility index (Phi) is 4.99. The minimum Gasteiger partial charge on any atom is -0.338 e. The van der Waals surface area contributed by atoms with Crippen LogP contribution in [-0.2, 0) is 6.18 Å². The average molecular weight is 403 g/mol. The van der Waals surface area contributed by atoms with Gasteiger partial charge in [0.15, 0.2) is 0 Å². The maximum absolute atomic E-state index is 12.6. The monoisotopic (exact) mass is 403 g/mol. The number of hydrogen-bond donors (Lipinski definition) is 0. The first-order chi connectivity index (χ1) is 13.9. The van der Waals surface area contributed by atoms with Crippen molar-refractivity contribution in [3.05, 3.63) is 60.0 Å². The normalized spacial score (nSPS) is 17.3. The standard InChI is InChI=1S/C19H16F3N5O2/c20-19(21,22)18-25-16(26-29-18)12-5-6-15(24-10-12)14-4-2-8-27(11-14)17(28)13-3-1-7-23-9-13/h1,3,5-7,9-10,14H,2,4,8,11H2/t14-/m0/s1. The summed E-state index contributed by atoms with van der Waals surface area (Å²) in [6.45, 7) is 1.17. The number of nitrogens with zero attached hydrogens (tertiary/aromatic N) is 5. The van der Waals surface area contributed by atoms with Crippen LogP contribution in [0.1, 0.15) is 40.7 Å². The van der Waals surface area contributed by atoms with Gasteiger partial charge in [-0.25, -0.2) is 0 Å². The Morgan fingerprint density at radius 1 is 1.21 bits per heavy atom. The van der Waals surface area contributed by atoms with Gasteiger partial charge in [-0.1, -0.05) is 5.16 Å². The van der Waals surface area contributed by atoms with Gasteiger partial charge in [-0.05, 0) is 37.1 Å². The maximum Gasteiger partial charge on any atom is 0.471 e. The van der Waals surface area contributed by atoms with Crippen LogP contribution in [0.3, 0.4) is 0 Å². The molecule has 3 aromatic rings. The van der Waals surface area contributed by atoms with E-state index in [2.05, 4.69) is 24.6 Å². The molecule has 0 saturated carbocycles. The molecule has 29 heavy (non-hydrogen) atoms. The molecule has 0 radical (unpaired) electrons. The molecule has 10 heteroatoms. The number of likely N-dealkylation sites (tertiary alicyclic amines) is 1. The van der Waals surface area contributed by atoms with Crippen molar-refractivity contribution in [2.24, 2.45) is 0 Å². The second kappa shape index (κ2) is 7.61. The topological polar surface area (TPSA) is 85.0 Å². The Labute approximate surface area is 163 Å². The third-order valence-electron chi connectivity index (χ3n) is 4.75. The van der Waals surface area contributed by atoms with Gasteiger partial charge < -0.3 is 9.42 Å². The van der Waals surface area contributed by atoms with Crippen LogP contribution in [0.15, 0.2) is 47.4 Å². The molecule has 4 rings (SSSR count). The second-order valence-electron chi connectivity index (χ2n) is 6.72. The van der Waals surface area contributed by atoms with E-state index >= 15 is 0 Å². The summed E-state index contributed by atoms with van der Waals surface area (Å²) < 4.78 is 42.1. The number of carbonyl (C=O) groups is 1. The molecule has 3 aromatic heterocycles. The van der Waals surface area contributed by atoms with Crippen molar-refractivity contribution < 1.29 is 22.5 Å². The number of amides is 1. The van der Waals surface area contributed by atoms with E-state index < -0.39 is 12.1 Å². The van der Waals surface area contributed by atoms with Gasteiger partial charge >= 0.3 is 12.1 Å². The van der Waals surface area contributed by atoms with Crippen LogP contribution >= 0.6 is 0 Å². The van der Waals surface area contributed by atoms with Crippen molar-refractivity contribution >= 4 is 5.91 Å². The Balaban J connectivity index is 1.47. The van der Waals surface area contributed by atoms with Crippen LogP contribution < -0.4 is 0 Å². The van der Waals surface area contributed by atoms with Gasteiger partial charge in [-0.15, -0.1) is 0 Å². The van der Waals surface area contributed by atoms with Crippen LogP contribution in [0, 0.1) is 0 Å². The molecule has 0 unspecified atom stereocenters. The van der Waals surface area contributed by atoms with Crippen LogP contribution in [0.25, 0.3) is 11.4 Å². The first-order valence-electron chi connectivity index (χ1n) is 8.98. The van der Waals surface area contributed by atoms with Crippen LogP contribution in [0.4, 0.5) is 13.2 Å². The third-order valence-corrected chi connectivity index (χ3v) is 4.75.